The van der Waals surface area contributed by atoms with E-state index < -0.39 is 72.1 Å². The number of nitrogens with one attached hydrogen (secondary N) is 2. The number of amides is 2. The first-order valence-electron chi connectivity index (χ1n) is 12.2. The fourth-order valence-electron chi connectivity index (χ4n) is 3.84. The Kier molecular flexibility index (Phi) is 12.7. The lowest BCUT2D eigenvalue weighted by atomic mass is 9.90. The summed E-state index contributed by atoms with van der Waals surface area (Å²) in [6.45, 7) is 0. The number of carbonyl (C=O) groups excluding carboxylic acids is 3. The molecular weight excluding hydrogens is 528 g/mol. The van der Waals surface area contributed by atoms with Crippen molar-refractivity contribution in [3.63, 3.8) is 0 Å². The van der Waals surface area contributed by atoms with E-state index in [1.165, 1.54) is 24.3 Å². The van der Waals surface area contributed by atoms with Gasteiger partial charge in [0.2, 0.25) is 11.8 Å². The van der Waals surface area contributed by atoms with Gasteiger partial charge in [0.25, 0.3) is 0 Å². The molecule has 14 heteroatoms. The van der Waals surface area contributed by atoms with Gasteiger partial charge in [-0.25, -0.2) is 9.79 Å². The number of aliphatic imine (C=N–C) groups is 2. The van der Waals surface area contributed by atoms with Gasteiger partial charge in [-0.05, 0) is 30.4 Å². The highest BCUT2D eigenvalue weighted by Crippen LogP contribution is 2.14. The lowest BCUT2D eigenvalue weighted by Gasteiger charge is -2.25. The molecule has 2 amide bonds. The number of nitrogens with two attached hydrogens (primary N) is 2. The van der Waals surface area contributed by atoms with Gasteiger partial charge in [-0.1, -0.05) is 30.3 Å². The molecule has 212 valence electrons. The van der Waals surface area contributed by atoms with Crippen molar-refractivity contribution in [2.75, 3.05) is 12.0 Å². The number of carbonyl (C=O) groups is 5. The molecule has 0 fully saturated rings. The minimum absolute atomic E-state index is 0.00430. The third-order valence-electron chi connectivity index (χ3n) is 6.06. The molecule has 0 radical (unpaired) electrons. The topological polar surface area (TPSA) is 227 Å². The Labute approximate surface area is 229 Å². The first kappa shape index (κ1) is 31.6. The van der Waals surface area contributed by atoms with Crippen molar-refractivity contribution in [3.8, 4) is 0 Å². The summed E-state index contributed by atoms with van der Waals surface area (Å²) in [5, 5.41) is 24.1. The zero-order valence-corrected chi connectivity index (χ0v) is 22.3. The summed E-state index contributed by atoms with van der Waals surface area (Å²) in [4.78, 5) is 70.2. The minimum atomic E-state index is -1.61. The van der Waals surface area contributed by atoms with Gasteiger partial charge in [-0.3, -0.25) is 24.2 Å². The van der Waals surface area contributed by atoms with Gasteiger partial charge in [-0.2, -0.15) is 11.8 Å². The number of hydrogen-bond donors (Lipinski definition) is 6. The van der Waals surface area contributed by atoms with Gasteiger partial charge < -0.3 is 32.3 Å². The van der Waals surface area contributed by atoms with Crippen LogP contribution in [-0.4, -0.2) is 94.5 Å². The molecule has 1 aromatic carbocycles. The third-order valence-corrected chi connectivity index (χ3v) is 6.70. The number of thioether (sulfide) groups is 1. The Morgan fingerprint density at radius 1 is 0.974 bits per heavy atom. The zero-order chi connectivity index (χ0) is 28.9. The number of Topliss-reactive ketones (excluding diaryl/α,β-unsaturated/α-hetero) is 1. The highest BCUT2D eigenvalue weighted by Gasteiger charge is 2.35. The van der Waals surface area contributed by atoms with Crippen LogP contribution < -0.4 is 22.1 Å². The number of nitrogens with zero attached hydrogens (tertiary/aromatic N) is 2. The highest BCUT2D eigenvalue weighted by molar-refractivity contribution is 7.98. The Balaban J connectivity index is 2.13. The van der Waals surface area contributed by atoms with Crippen LogP contribution >= 0.6 is 11.8 Å². The average Bonchev–Trinajstić information content (AvgIpc) is 3.42. The predicted octanol–water partition coefficient (Wildman–Crippen LogP) is -0.778. The van der Waals surface area contributed by atoms with Crippen LogP contribution in [0.15, 0.2) is 40.3 Å². The maximum Gasteiger partial charge on any atom is 0.326 e. The van der Waals surface area contributed by atoms with E-state index in [0.29, 0.717) is 11.3 Å². The van der Waals surface area contributed by atoms with Crippen molar-refractivity contribution in [1.82, 2.24) is 10.6 Å². The Morgan fingerprint density at radius 3 is 2.21 bits per heavy atom. The van der Waals surface area contributed by atoms with Crippen molar-refractivity contribution in [2.45, 2.75) is 55.9 Å². The van der Waals surface area contributed by atoms with Gasteiger partial charge in [-0.15, -0.1) is 0 Å². The summed E-state index contributed by atoms with van der Waals surface area (Å²) >= 11 is 1.45. The quantitative estimate of drug-likeness (QED) is 0.130. The van der Waals surface area contributed by atoms with Crippen molar-refractivity contribution in [1.29, 1.82) is 0 Å². The fourth-order valence-corrected chi connectivity index (χ4v) is 4.33. The van der Waals surface area contributed by atoms with E-state index in [4.69, 9.17) is 11.5 Å². The zero-order valence-electron chi connectivity index (χ0n) is 21.4. The molecule has 2 rings (SSSR count). The normalized spacial score (nSPS) is 18.0. The number of carboxylic acids is 2. The lowest BCUT2D eigenvalue weighted by molar-refractivity contribution is -0.147. The molecule has 8 N–H and O–H groups in total. The molecule has 1 aliphatic heterocycles. The highest BCUT2D eigenvalue weighted by atomic mass is 32.2. The predicted molar refractivity (Wildman–Crippen MR) is 147 cm³/mol. The first-order valence-corrected chi connectivity index (χ1v) is 13.6. The first-order chi connectivity index (χ1) is 18.5. The molecule has 1 aliphatic rings. The molecule has 39 heavy (non-hydrogen) atoms. The molecule has 0 saturated carbocycles. The summed E-state index contributed by atoms with van der Waals surface area (Å²) in [6.07, 6.45) is 4.25. The van der Waals surface area contributed by atoms with Gasteiger partial charge >= 0.3 is 11.9 Å². The number of benzene rings is 1. The maximum atomic E-state index is 13.1. The van der Waals surface area contributed by atoms with Crippen LogP contribution in [0.3, 0.4) is 0 Å². The van der Waals surface area contributed by atoms with Crippen molar-refractivity contribution in [3.05, 3.63) is 35.9 Å². The van der Waals surface area contributed by atoms with Crippen LogP contribution in [0.2, 0.25) is 0 Å². The van der Waals surface area contributed by atoms with Gasteiger partial charge in [0.1, 0.15) is 24.3 Å². The smallest absolute Gasteiger partial charge is 0.326 e. The molecule has 0 aliphatic carbocycles. The van der Waals surface area contributed by atoms with E-state index >= 15 is 0 Å². The van der Waals surface area contributed by atoms with Crippen LogP contribution in [0, 0.1) is 5.92 Å². The summed E-state index contributed by atoms with van der Waals surface area (Å²) in [5.74, 6) is -6.20. The van der Waals surface area contributed by atoms with Gasteiger partial charge in [0, 0.05) is 19.1 Å². The second-order valence-corrected chi connectivity index (χ2v) is 10.0. The summed E-state index contributed by atoms with van der Waals surface area (Å²) in [6, 6.07) is 3.10. The van der Waals surface area contributed by atoms with E-state index in [2.05, 4.69) is 20.6 Å². The summed E-state index contributed by atoms with van der Waals surface area (Å²) in [7, 11) is 0. The molecule has 2 unspecified atom stereocenters. The molecule has 0 bridgehead atoms. The van der Waals surface area contributed by atoms with Gasteiger partial charge in [0.05, 0.1) is 18.1 Å². The maximum absolute atomic E-state index is 13.1. The monoisotopic (exact) mass is 562 g/mol. The standard InChI is InChI=1S/C25H34N6O7S/c1-39-8-7-17(26)21(32)16(24(35)36)11-18(27)22(33)30-19(10-15-12-28-13-29-15)23(34)31-20(25(37)38)9-14-5-3-2-4-6-14/h2-6,12-13,15-20H,7-11,26-27H2,1H3,(H,30,33)(H,31,34)(H,35,36)(H,37,38)/t15?,16?,17-,18-,19-,20-/m0/s1. The molecule has 0 saturated heterocycles. The second-order valence-electron chi connectivity index (χ2n) is 9.04. The van der Waals surface area contributed by atoms with Crippen molar-refractivity contribution in [2.24, 2.45) is 27.4 Å². The van der Waals surface area contributed by atoms with Crippen LogP contribution in [0.1, 0.15) is 24.8 Å². The number of rotatable bonds is 17. The number of hydrogen-bond acceptors (Lipinski definition) is 10. The second kappa shape index (κ2) is 15.7. The van der Waals surface area contributed by atoms with Crippen LogP contribution in [0.25, 0.3) is 0 Å². The molecule has 0 aromatic heterocycles. The molecule has 1 aromatic rings. The Hall–Kier alpha value is -3.62. The summed E-state index contributed by atoms with van der Waals surface area (Å²) in [5.41, 5.74) is 12.5. The Bertz CT molecular complexity index is 1070. The Morgan fingerprint density at radius 2 is 1.64 bits per heavy atom. The SMILES string of the molecule is CSCC[C@H](N)C(=O)C(C[C@H](N)C(=O)N[C@@H](CC1C=NC=N1)C(=O)N[C@@H](Cc1ccccc1)C(=O)O)C(=O)O. The minimum Gasteiger partial charge on any atom is -0.481 e. The molecule has 1 heterocycles. The fraction of sp³-hybridized carbons (Fsp3) is 0.480. The van der Waals surface area contributed by atoms with E-state index in [1.807, 2.05) is 6.26 Å². The van der Waals surface area contributed by atoms with E-state index in [1.54, 1.807) is 30.3 Å². The summed E-state index contributed by atoms with van der Waals surface area (Å²) < 4.78 is 0. The average molecular weight is 563 g/mol. The van der Waals surface area contributed by atoms with Crippen LogP contribution in [0.5, 0.6) is 0 Å². The molecule has 13 nitrogen and oxygen atoms in total. The van der Waals surface area contributed by atoms with Crippen LogP contribution in [-0.2, 0) is 30.4 Å². The van der Waals surface area contributed by atoms with E-state index in [0.717, 1.165) is 0 Å². The van der Waals surface area contributed by atoms with E-state index in [-0.39, 0.29) is 19.3 Å². The van der Waals surface area contributed by atoms with Crippen molar-refractivity contribution >= 4 is 53.9 Å². The molecular formula is C25H34N6O7S. The molecule has 6 atom stereocenters. The number of aliphatic carboxylic acids is 2. The lowest BCUT2D eigenvalue weighted by Crippen LogP contribution is -2.56. The van der Waals surface area contributed by atoms with Crippen molar-refractivity contribution < 1.29 is 34.2 Å². The number of ketones is 1. The van der Waals surface area contributed by atoms with Crippen LogP contribution in [0.4, 0.5) is 0 Å². The van der Waals surface area contributed by atoms with Gasteiger partial charge in [0.15, 0.2) is 5.78 Å². The molecule has 0 spiro atoms. The largest absolute Gasteiger partial charge is 0.481 e. The van der Waals surface area contributed by atoms with E-state index in [9.17, 15) is 34.2 Å². The number of carboxylic acid groups (broad SMARTS) is 2. The third kappa shape index (κ3) is 10.2.